The molecule has 0 aromatic heterocycles. The highest BCUT2D eigenvalue weighted by Crippen LogP contribution is 2.15. The summed E-state index contributed by atoms with van der Waals surface area (Å²) in [6.07, 6.45) is 0. The molecule has 2 aromatic carbocycles. The van der Waals surface area contributed by atoms with Crippen LogP contribution >= 0.6 is 15.9 Å². The first-order valence-electron chi connectivity index (χ1n) is 6.02. The Bertz CT molecular complexity index is 631. The minimum absolute atomic E-state index is 0.00493. The van der Waals surface area contributed by atoms with Crippen LogP contribution in [0.25, 0.3) is 0 Å². The van der Waals surface area contributed by atoms with E-state index in [1.807, 2.05) is 18.2 Å². The maximum atomic E-state index is 13.6. The van der Waals surface area contributed by atoms with Gasteiger partial charge in [0.1, 0.15) is 5.82 Å². The molecule has 0 saturated carbocycles. The Kier molecular flexibility index (Phi) is 4.87. The molecular weight excluding hydrogens is 325 g/mol. The maximum Gasteiger partial charge on any atom is 0.254 e. The summed E-state index contributed by atoms with van der Waals surface area (Å²) in [5.74, 6) is -1.06. The normalized spacial score (nSPS) is 10.3. The smallest absolute Gasteiger partial charge is 0.254 e. The number of carbonyl (C=O) groups excluding carboxylic acids is 1. The highest BCUT2D eigenvalue weighted by molar-refractivity contribution is 9.10. The van der Waals surface area contributed by atoms with E-state index in [4.69, 9.17) is 0 Å². The van der Waals surface area contributed by atoms with Crippen molar-refractivity contribution in [3.8, 4) is 0 Å². The molecule has 0 aliphatic rings. The average Bonchev–Trinajstić information content (AvgIpc) is 2.45. The predicted molar refractivity (Wildman–Crippen MR) is 77.6 cm³/mol. The molecule has 0 atom stereocenters. The van der Waals surface area contributed by atoms with Gasteiger partial charge in [-0.05, 0) is 29.3 Å². The van der Waals surface area contributed by atoms with Crippen LogP contribution in [0.2, 0.25) is 0 Å². The number of benzene rings is 2. The topological polar surface area (TPSA) is 49.3 Å². The summed E-state index contributed by atoms with van der Waals surface area (Å²) < 4.78 is 14.2. The quantitative estimate of drug-likeness (QED) is 0.900. The first kappa shape index (κ1) is 14.7. The molecule has 0 unspecified atom stereocenters. The predicted octanol–water partition coefficient (Wildman–Crippen LogP) is 3.01. The van der Waals surface area contributed by atoms with Crippen molar-refractivity contribution in [3.05, 3.63) is 69.4 Å². The van der Waals surface area contributed by atoms with Crippen LogP contribution in [0.4, 0.5) is 4.39 Å². The molecule has 2 N–H and O–H groups in total. The van der Waals surface area contributed by atoms with Gasteiger partial charge < -0.3 is 10.4 Å². The van der Waals surface area contributed by atoms with E-state index in [2.05, 4.69) is 21.2 Å². The Morgan fingerprint density at radius 2 is 1.90 bits per heavy atom. The standard InChI is InChI=1S/C15H13BrFNO2/c16-12-5-6-13(14(17)7-12)15(20)18-8-10-3-1-2-4-11(10)9-19/h1-7,19H,8-9H2,(H,18,20). The van der Waals surface area contributed by atoms with Crippen LogP contribution < -0.4 is 5.32 Å². The van der Waals surface area contributed by atoms with Crippen molar-refractivity contribution >= 4 is 21.8 Å². The zero-order chi connectivity index (χ0) is 14.5. The highest BCUT2D eigenvalue weighted by atomic mass is 79.9. The van der Waals surface area contributed by atoms with Gasteiger partial charge in [-0.15, -0.1) is 0 Å². The largest absolute Gasteiger partial charge is 0.392 e. The van der Waals surface area contributed by atoms with Gasteiger partial charge >= 0.3 is 0 Å². The van der Waals surface area contributed by atoms with E-state index in [1.54, 1.807) is 12.1 Å². The molecule has 5 heteroatoms. The fourth-order valence-electron chi connectivity index (χ4n) is 1.83. The van der Waals surface area contributed by atoms with Crippen molar-refractivity contribution in [2.75, 3.05) is 0 Å². The van der Waals surface area contributed by atoms with Crippen LogP contribution in [0.5, 0.6) is 0 Å². The molecule has 1 amide bonds. The van der Waals surface area contributed by atoms with Gasteiger partial charge in [0.05, 0.1) is 12.2 Å². The number of hydrogen-bond acceptors (Lipinski definition) is 2. The first-order chi connectivity index (χ1) is 9.61. The summed E-state index contributed by atoms with van der Waals surface area (Å²) in [4.78, 5) is 11.9. The molecule has 0 heterocycles. The van der Waals surface area contributed by atoms with Crippen molar-refractivity contribution in [3.63, 3.8) is 0 Å². The van der Waals surface area contributed by atoms with E-state index in [-0.39, 0.29) is 18.7 Å². The third-order valence-corrected chi connectivity index (χ3v) is 3.40. The number of rotatable bonds is 4. The Balaban J connectivity index is 2.09. The Labute approximate surface area is 124 Å². The Morgan fingerprint density at radius 3 is 2.55 bits per heavy atom. The number of nitrogens with one attached hydrogen (secondary N) is 1. The van der Waals surface area contributed by atoms with Crippen molar-refractivity contribution in [1.82, 2.24) is 5.32 Å². The van der Waals surface area contributed by atoms with Crippen LogP contribution in [0.1, 0.15) is 21.5 Å². The molecule has 0 bridgehead atoms. The molecular formula is C15H13BrFNO2. The summed E-state index contributed by atoms with van der Waals surface area (Å²) in [6, 6.07) is 11.5. The Morgan fingerprint density at radius 1 is 1.20 bits per heavy atom. The molecule has 2 rings (SSSR count). The lowest BCUT2D eigenvalue weighted by Gasteiger charge is -2.09. The summed E-state index contributed by atoms with van der Waals surface area (Å²) in [5, 5.41) is 11.8. The van der Waals surface area contributed by atoms with E-state index in [0.717, 1.165) is 11.1 Å². The molecule has 0 saturated heterocycles. The number of hydrogen-bond donors (Lipinski definition) is 2. The molecule has 0 aliphatic heterocycles. The number of aliphatic hydroxyl groups excluding tert-OH is 1. The summed E-state index contributed by atoms with van der Waals surface area (Å²) in [7, 11) is 0. The highest BCUT2D eigenvalue weighted by Gasteiger charge is 2.12. The minimum Gasteiger partial charge on any atom is -0.392 e. The van der Waals surface area contributed by atoms with Crippen molar-refractivity contribution in [2.24, 2.45) is 0 Å². The summed E-state index contributed by atoms with van der Waals surface area (Å²) in [5.41, 5.74) is 1.54. The third-order valence-electron chi connectivity index (χ3n) is 2.90. The van der Waals surface area contributed by atoms with Gasteiger partial charge in [0.25, 0.3) is 5.91 Å². The lowest BCUT2D eigenvalue weighted by atomic mass is 10.1. The molecule has 0 fully saturated rings. The average molecular weight is 338 g/mol. The van der Waals surface area contributed by atoms with Gasteiger partial charge in [-0.1, -0.05) is 40.2 Å². The SMILES string of the molecule is O=C(NCc1ccccc1CO)c1ccc(Br)cc1F. The number of aliphatic hydroxyl groups is 1. The van der Waals surface area contributed by atoms with Gasteiger partial charge in [-0.3, -0.25) is 4.79 Å². The second kappa shape index (κ2) is 6.63. The van der Waals surface area contributed by atoms with Gasteiger partial charge in [0, 0.05) is 11.0 Å². The number of halogens is 2. The van der Waals surface area contributed by atoms with E-state index < -0.39 is 11.7 Å². The van der Waals surface area contributed by atoms with Crippen LogP contribution in [-0.2, 0) is 13.2 Å². The summed E-state index contributed by atoms with van der Waals surface area (Å²) in [6.45, 7) is 0.143. The lowest BCUT2D eigenvalue weighted by molar-refractivity contribution is 0.0946. The van der Waals surface area contributed by atoms with Gasteiger partial charge in [-0.25, -0.2) is 4.39 Å². The fraction of sp³-hybridized carbons (Fsp3) is 0.133. The molecule has 3 nitrogen and oxygen atoms in total. The number of amides is 1. The number of carbonyl (C=O) groups is 1. The molecule has 0 aliphatic carbocycles. The zero-order valence-electron chi connectivity index (χ0n) is 10.6. The van der Waals surface area contributed by atoms with E-state index >= 15 is 0 Å². The molecule has 2 aromatic rings. The third kappa shape index (κ3) is 3.43. The van der Waals surface area contributed by atoms with Crippen LogP contribution in [-0.4, -0.2) is 11.0 Å². The lowest BCUT2D eigenvalue weighted by Crippen LogP contribution is -2.24. The van der Waals surface area contributed by atoms with Crippen molar-refractivity contribution in [1.29, 1.82) is 0 Å². The van der Waals surface area contributed by atoms with Crippen LogP contribution in [0.3, 0.4) is 0 Å². The molecule has 0 spiro atoms. The van der Waals surface area contributed by atoms with Crippen LogP contribution in [0.15, 0.2) is 46.9 Å². The first-order valence-corrected chi connectivity index (χ1v) is 6.82. The molecule has 0 radical (unpaired) electrons. The Hall–Kier alpha value is -1.72. The minimum atomic E-state index is -0.577. The van der Waals surface area contributed by atoms with Crippen molar-refractivity contribution in [2.45, 2.75) is 13.2 Å². The zero-order valence-corrected chi connectivity index (χ0v) is 12.2. The van der Waals surface area contributed by atoms with Gasteiger partial charge in [0.2, 0.25) is 0 Å². The summed E-state index contributed by atoms with van der Waals surface area (Å²) >= 11 is 3.14. The van der Waals surface area contributed by atoms with Gasteiger partial charge in [-0.2, -0.15) is 0 Å². The maximum absolute atomic E-state index is 13.6. The molecule has 104 valence electrons. The fourth-order valence-corrected chi connectivity index (χ4v) is 2.16. The van der Waals surface area contributed by atoms with Crippen LogP contribution in [0, 0.1) is 5.82 Å². The second-order valence-corrected chi connectivity index (χ2v) is 5.15. The van der Waals surface area contributed by atoms with Crippen molar-refractivity contribution < 1.29 is 14.3 Å². The van der Waals surface area contributed by atoms with E-state index in [1.165, 1.54) is 12.1 Å². The van der Waals surface area contributed by atoms with E-state index in [9.17, 15) is 14.3 Å². The second-order valence-electron chi connectivity index (χ2n) is 4.23. The molecule has 20 heavy (non-hydrogen) atoms. The monoisotopic (exact) mass is 337 g/mol. The van der Waals surface area contributed by atoms with Gasteiger partial charge in [0.15, 0.2) is 0 Å². The van der Waals surface area contributed by atoms with E-state index in [0.29, 0.717) is 4.47 Å².